The molecule has 1 aliphatic carbocycles. The molecule has 1 amide bonds. The number of rotatable bonds is 4. The molecule has 0 saturated carbocycles. The van der Waals surface area contributed by atoms with Crippen LogP contribution in [0.4, 0.5) is 0 Å². The van der Waals surface area contributed by atoms with Gasteiger partial charge in [0.2, 0.25) is 5.91 Å². The number of aromatic nitrogens is 2. The van der Waals surface area contributed by atoms with Gasteiger partial charge in [-0.05, 0) is 42.4 Å². The first kappa shape index (κ1) is 17.3. The summed E-state index contributed by atoms with van der Waals surface area (Å²) < 4.78 is 1.79. The van der Waals surface area contributed by atoms with E-state index in [1.807, 2.05) is 24.3 Å². The summed E-state index contributed by atoms with van der Waals surface area (Å²) in [6.07, 6.45) is 8.80. The Morgan fingerprint density at radius 1 is 1.15 bits per heavy atom. The van der Waals surface area contributed by atoms with E-state index in [9.17, 15) is 4.79 Å². The molecule has 138 valence electrons. The highest BCUT2D eigenvalue weighted by Crippen LogP contribution is 2.25. The molecular weight excluding hydrogens is 324 g/mol. The van der Waals surface area contributed by atoms with Gasteiger partial charge in [-0.15, -0.1) is 0 Å². The molecule has 1 saturated heterocycles. The zero-order valence-electron chi connectivity index (χ0n) is 15.6. The number of aryl methyl sites for hydroxylation is 3. The van der Waals surface area contributed by atoms with E-state index in [0.29, 0.717) is 12.5 Å². The lowest BCUT2D eigenvalue weighted by atomic mass is 9.87. The van der Waals surface area contributed by atoms with E-state index in [4.69, 9.17) is 0 Å². The van der Waals surface area contributed by atoms with Crippen LogP contribution in [0.2, 0.25) is 0 Å². The zero-order valence-corrected chi connectivity index (χ0v) is 15.6. The van der Waals surface area contributed by atoms with Crippen LogP contribution in [-0.2, 0) is 31.1 Å². The fraction of sp³-hybridized carbons (Fsp3) is 0.524. The topological polar surface area (TPSA) is 41.4 Å². The highest BCUT2D eigenvalue weighted by Gasteiger charge is 2.28. The average molecular weight is 352 g/mol. The first-order valence-electron chi connectivity index (χ1n) is 9.75. The molecule has 1 aromatic heterocycles. The van der Waals surface area contributed by atoms with Gasteiger partial charge in [-0.1, -0.05) is 24.3 Å². The standard InChI is InChI=1S/C21H28N4O/c1-23-16-17(15-22-23)6-9-21(26)25-12-10-24(11-13-25)20-8-7-18-4-2-3-5-19(18)14-20/h2-5,15-16,20H,6-14H2,1H3. The van der Waals surface area contributed by atoms with Gasteiger partial charge in [-0.25, -0.2) is 0 Å². The van der Waals surface area contributed by atoms with Gasteiger partial charge in [0.25, 0.3) is 0 Å². The number of hydrogen-bond donors (Lipinski definition) is 0. The van der Waals surface area contributed by atoms with E-state index in [1.165, 1.54) is 24.0 Å². The number of nitrogens with zero attached hydrogens (tertiary/aromatic N) is 4. The maximum absolute atomic E-state index is 12.5. The molecule has 0 spiro atoms. The van der Waals surface area contributed by atoms with Crippen molar-refractivity contribution in [1.82, 2.24) is 19.6 Å². The highest BCUT2D eigenvalue weighted by molar-refractivity contribution is 5.76. The number of carbonyl (C=O) groups excluding carboxylic acids is 1. The molecule has 2 aromatic rings. The molecule has 1 unspecified atom stereocenters. The Morgan fingerprint density at radius 3 is 2.65 bits per heavy atom. The van der Waals surface area contributed by atoms with Gasteiger partial charge in [0, 0.05) is 51.9 Å². The SMILES string of the molecule is Cn1cc(CCC(=O)N2CCN(C3CCc4ccccc4C3)CC2)cn1. The minimum Gasteiger partial charge on any atom is -0.340 e. The van der Waals surface area contributed by atoms with Crippen LogP contribution in [-0.4, -0.2) is 57.7 Å². The summed E-state index contributed by atoms with van der Waals surface area (Å²) in [4.78, 5) is 17.1. The second-order valence-corrected chi connectivity index (χ2v) is 7.60. The monoisotopic (exact) mass is 352 g/mol. The van der Waals surface area contributed by atoms with Crippen molar-refractivity contribution >= 4 is 5.91 Å². The van der Waals surface area contributed by atoms with Gasteiger partial charge in [0.1, 0.15) is 0 Å². The van der Waals surface area contributed by atoms with Gasteiger partial charge < -0.3 is 4.90 Å². The highest BCUT2D eigenvalue weighted by atomic mass is 16.2. The minimum absolute atomic E-state index is 0.280. The van der Waals surface area contributed by atoms with Crippen molar-refractivity contribution in [1.29, 1.82) is 0 Å². The maximum Gasteiger partial charge on any atom is 0.222 e. The summed E-state index contributed by atoms with van der Waals surface area (Å²) in [6, 6.07) is 9.48. The molecule has 5 heteroatoms. The molecule has 26 heavy (non-hydrogen) atoms. The lowest BCUT2D eigenvalue weighted by Crippen LogP contribution is -2.53. The third-order valence-electron chi connectivity index (χ3n) is 5.89. The number of carbonyl (C=O) groups is 1. The second-order valence-electron chi connectivity index (χ2n) is 7.60. The van der Waals surface area contributed by atoms with Crippen LogP contribution in [0.1, 0.15) is 29.5 Å². The Kier molecular flexibility index (Phi) is 5.07. The zero-order chi connectivity index (χ0) is 17.9. The minimum atomic E-state index is 0.280. The van der Waals surface area contributed by atoms with Gasteiger partial charge in [0.15, 0.2) is 0 Å². The third kappa shape index (κ3) is 3.83. The molecule has 0 bridgehead atoms. The molecule has 5 nitrogen and oxygen atoms in total. The molecule has 0 N–H and O–H groups in total. The van der Waals surface area contributed by atoms with Crippen molar-refractivity contribution in [2.75, 3.05) is 26.2 Å². The van der Waals surface area contributed by atoms with Crippen LogP contribution in [0.3, 0.4) is 0 Å². The Labute approximate surface area is 155 Å². The van der Waals surface area contributed by atoms with Crippen LogP contribution >= 0.6 is 0 Å². The smallest absolute Gasteiger partial charge is 0.222 e. The van der Waals surface area contributed by atoms with Crippen LogP contribution in [0.25, 0.3) is 0 Å². The van der Waals surface area contributed by atoms with Crippen LogP contribution in [0, 0.1) is 0 Å². The molecule has 1 aliphatic heterocycles. The van der Waals surface area contributed by atoms with Crippen molar-refractivity contribution < 1.29 is 4.79 Å². The summed E-state index contributed by atoms with van der Waals surface area (Å²) in [5.41, 5.74) is 4.17. The fourth-order valence-corrected chi connectivity index (χ4v) is 4.34. The van der Waals surface area contributed by atoms with Crippen molar-refractivity contribution in [3.63, 3.8) is 0 Å². The molecule has 4 rings (SSSR count). The molecule has 1 fully saturated rings. The van der Waals surface area contributed by atoms with E-state index in [-0.39, 0.29) is 5.91 Å². The lowest BCUT2D eigenvalue weighted by molar-refractivity contribution is -0.133. The van der Waals surface area contributed by atoms with Crippen molar-refractivity contribution in [2.24, 2.45) is 7.05 Å². The lowest BCUT2D eigenvalue weighted by Gasteiger charge is -2.41. The number of hydrogen-bond acceptors (Lipinski definition) is 3. The number of benzene rings is 1. The largest absolute Gasteiger partial charge is 0.340 e. The summed E-state index contributed by atoms with van der Waals surface area (Å²) in [5.74, 6) is 0.280. The van der Waals surface area contributed by atoms with E-state index >= 15 is 0 Å². The first-order valence-corrected chi connectivity index (χ1v) is 9.75. The molecule has 2 aliphatic rings. The van der Waals surface area contributed by atoms with E-state index in [2.05, 4.69) is 34.3 Å². The molecule has 2 heterocycles. The molecular formula is C21H28N4O. The van der Waals surface area contributed by atoms with Gasteiger partial charge >= 0.3 is 0 Å². The summed E-state index contributed by atoms with van der Waals surface area (Å²) in [5, 5.41) is 4.17. The van der Waals surface area contributed by atoms with Crippen molar-refractivity contribution in [3.8, 4) is 0 Å². The van der Waals surface area contributed by atoms with Gasteiger partial charge in [0.05, 0.1) is 6.20 Å². The summed E-state index contributed by atoms with van der Waals surface area (Å²) >= 11 is 0. The van der Waals surface area contributed by atoms with Gasteiger partial charge in [-0.2, -0.15) is 5.10 Å². The quantitative estimate of drug-likeness (QED) is 0.846. The van der Waals surface area contributed by atoms with E-state index < -0.39 is 0 Å². The molecule has 1 aromatic carbocycles. The van der Waals surface area contributed by atoms with E-state index in [1.54, 1.807) is 4.68 Å². The van der Waals surface area contributed by atoms with Crippen LogP contribution in [0.5, 0.6) is 0 Å². The van der Waals surface area contributed by atoms with Crippen LogP contribution in [0.15, 0.2) is 36.7 Å². The first-order chi connectivity index (χ1) is 12.7. The third-order valence-corrected chi connectivity index (χ3v) is 5.89. The number of fused-ring (bicyclic) bond motifs is 1. The Bertz CT molecular complexity index is 761. The van der Waals surface area contributed by atoms with Gasteiger partial charge in [-0.3, -0.25) is 14.4 Å². The Hall–Kier alpha value is -2.14. The second kappa shape index (κ2) is 7.62. The predicted octanol–water partition coefficient (Wildman–Crippen LogP) is 2.05. The fourth-order valence-electron chi connectivity index (χ4n) is 4.34. The summed E-state index contributed by atoms with van der Waals surface area (Å²) in [6.45, 7) is 3.74. The normalized spacial score (nSPS) is 20.8. The van der Waals surface area contributed by atoms with Crippen molar-refractivity contribution in [2.45, 2.75) is 38.1 Å². The Morgan fingerprint density at radius 2 is 1.92 bits per heavy atom. The predicted molar refractivity (Wildman–Crippen MR) is 102 cm³/mol. The van der Waals surface area contributed by atoms with Crippen LogP contribution < -0.4 is 0 Å². The Balaban J connectivity index is 1.26. The molecule has 1 atom stereocenters. The maximum atomic E-state index is 12.5. The number of piperazine rings is 1. The molecule has 0 radical (unpaired) electrons. The van der Waals surface area contributed by atoms with E-state index in [0.717, 1.165) is 44.6 Å². The number of amides is 1. The summed E-state index contributed by atoms with van der Waals surface area (Å²) in [7, 11) is 1.91. The van der Waals surface area contributed by atoms with Crippen molar-refractivity contribution in [3.05, 3.63) is 53.3 Å². The average Bonchev–Trinajstić information content (AvgIpc) is 3.11.